The number of allylic oxidation sites excluding steroid dienone is 3. The normalized spacial score (nSPS) is 25.5. The van der Waals surface area contributed by atoms with Crippen molar-refractivity contribution in [1.82, 2.24) is 0 Å². The Balaban J connectivity index is 2.35. The summed E-state index contributed by atoms with van der Waals surface area (Å²) in [5.41, 5.74) is 2.37. The minimum atomic E-state index is 0.264. The Kier molecular flexibility index (Phi) is 6.23. The molecule has 106 valence electrons. The van der Waals surface area contributed by atoms with Gasteiger partial charge in [0.25, 0.3) is 0 Å². The van der Waals surface area contributed by atoms with Crippen LogP contribution in [0.1, 0.15) is 40.0 Å². The van der Waals surface area contributed by atoms with E-state index in [2.05, 4.69) is 40.0 Å². The average Bonchev–Trinajstić information content (AvgIpc) is 3.07. The Hall–Kier alpha value is -1.15. The van der Waals surface area contributed by atoms with Crippen LogP contribution in [0.15, 0.2) is 36.5 Å². The molecule has 0 bridgehead atoms. The van der Waals surface area contributed by atoms with Crippen molar-refractivity contribution in [3.05, 3.63) is 36.5 Å². The fraction of sp³-hybridized carbons (Fsp3) is 0.588. The second-order valence-electron chi connectivity index (χ2n) is 5.77. The number of carbonyl (C=O) groups excluding carboxylic acids is 1. The first-order chi connectivity index (χ1) is 8.97. The van der Waals surface area contributed by atoms with E-state index in [4.69, 9.17) is 4.74 Å². The van der Waals surface area contributed by atoms with Crippen molar-refractivity contribution in [3.8, 4) is 0 Å². The molecule has 0 spiro atoms. The van der Waals surface area contributed by atoms with E-state index in [1.165, 1.54) is 5.57 Å². The van der Waals surface area contributed by atoms with Gasteiger partial charge in [-0.05, 0) is 31.6 Å². The van der Waals surface area contributed by atoms with E-state index >= 15 is 0 Å². The van der Waals surface area contributed by atoms with Crippen LogP contribution in [-0.2, 0) is 9.53 Å². The lowest BCUT2D eigenvalue weighted by atomic mass is 9.92. The summed E-state index contributed by atoms with van der Waals surface area (Å²) in [4.78, 5) is 10.5. The summed E-state index contributed by atoms with van der Waals surface area (Å²) in [5.74, 6) is 0.870. The first kappa shape index (κ1) is 15.9. The summed E-state index contributed by atoms with van der Waals surface area (Å²) in [5, 5.41) is 0. The predicted molar refractivity (Wildman–Crippen MR) is 80.0 cm³/mol. The highest BCUT2D eigenvalue weighted by atomic mass is 16.6. The molecule has 19 heavy (non-hydrogen) atoms. The first-order valence-electron chi connectivity index (χ1n) is 7.05. The fourth-order valence-electron chi connectivity index (χ4n) is 2.33. The third-order valence-electron chi connectivity index (χ3n) is 3.76. The maximum Gasteiger partial charge on any atom is 0.120 e. The molecule has 1 fully saturated rings. The molecule has 0 unspecified atom stereocenters. The Morgan fingerprint density at radius 3 is 2.63 bits per heavy atom. The number of carbonyl (C=O) groups is 1. The van der Waals surface area contributed by atoms with Crippen molar-refractivity contribution < 1.29 is 9.53 Å². The zero-order chi connectivity index (χ0) is 14.4. The fourth-order valence-corrected chi connectivity index (χ4v) is 2.33. The summed E-state index contributed by atoms with van der Waals surface area (Å²) in [6.45, 7) is 14.2. The minimum Gasteiger partial charge on any atom is -0.365 e. The van der Waals surface area contributed by atoms with E-state index in [-0.39, 0.29) is 6.10 Å². The van der Waals surface area contributed by atoms with Crippen LogP contribution in [0.5, 0.6) is 0 Å². The second kappa shape index (κ2) is 7.44. The molecule has 0 aliphatic carbocycles. The molecule has 4 atom stereocenters. The van der Waals surface area contributed by atoms with Gasteiger partial charge < -0.3 is 9.53 Å². The van der Waals surface area contributed by atoms with Gasteiger partial charge in [0.2, 0.25) is 0 Å². The molecule has 0 radical (unpaired) electrons. The van der Waals surface area contributed by atoms with E-state index in [1.54, 1.807) is 0 Å². The van der Waals surface area contributed by atoms with Gasteiger partial charge in [-0.2, -0.15) is 0 Å². The lowest BCUT2D eigenvalue weighted by molar-refractivity contribution is -0.108. The molecule has 2 heteroatoms. The van der Waals surface area contributed by atoms with Crippen molar-refractivity contribution in [1.29, 1.82) is 0 Å². The number of hydrogen-bond acceptors (Lipinski definition) is 2. The molecular weight excluding hydrogens is 236 g/mol. The van der Waals surface area contributed by atoms with Crippen molar-refractivity contribution in [2.75, 3.05) is 0 Å². The van der Waals surface area contributed by atoms with Crippen LogP contribution in [0, 0.1) is 11.8 Å². The lowest BCUT2D eigenvalue weighted by Gasteiger charge is -2.13. The Bertz CT molecular complexity index is 367. The molecule has 1 aliphatic rings. The molecule has 1 aliphatic heterocycles. The zero-order valence-electron chi connectivity index (χ0n) is 12.4. The van der Waals surface area contributed by atoms with Crippen molar-refractivity contribution in [2.24, 2.45) is 11.8 Å². The third kappa shape index (κ3) is 5.56. The highest BCUT2D eigenvalue weighted by Gasteiger charge is 2.36. The third-order valence-corrected chi connectivity index (χ3v) is 3.76. The molecule has 1 heterocycles. The predicted octanol–water partition coefficient (Wildman–Crippen LogP) is 4.08. The zero-order valence-corrected chi connectivity index (χ0v) is 12.4. The Morgan fingerprint density at radius 2 is 2.11 bits per heavy atom. The SMILES string of the molecule is C=C[C@@H]1O[C@H]1C[C@H](C)CC(=C)/C=C(\C)[C@@H](C)CC=O. The van der Waals surface area contributed by atoms with Gasteiger partial charge in [-0.25, -0.2) is 0 Å². The van der Waals surface area contributed by atoms with Crippen LogP contribution in [0.25, 0.3) is 0 Å². The van der Waals surface area contributed by atoms with Gasteiger partial charge in [-0.15, -0.1) is 6.58 Å². The number of hydrogen-bond donors (Lipinski definition) is 0. The summed E-state index contributed by atoms with van der Waals surface area (Å²) < 4.78 is 5.47. The molecule has 0 N–H and O–H groups in total. The molecular formula is C17H26O2. The van der Waals surface area contributed by atoms with Crippen LogP contribution < -0.4 is 0 Å². The maximum absolute atomic E-state index is 10.5. The van der Waals surface area contributed by atoms with Gasteiger partial charge in [-0.3, -0.25) is 0 Å². The van der Waals surface area contributed by atoms with Crippen LogP contribution in [0.3, 0.4) is 0 Å². The maximum atomic E-state index is 10.5. The topological polar surface area (TPSA) is 29.6 Å². The van der Waals surface area contributed by atoms with E-state index < -0.39 is 0 Å². The van der Waals surface area contributed by atoms with Crippen molar-refractivity contribution in [3.63, 3.8) is 0 Å². The van der Waals surface area contributed by atoms with E-state index in [0.29, 0.717) is 24.4 Å². The molecule has 1 saturated heterocycles. The minimum absolute atomic E-state index is 0.264. The summed E-state index contributed by atoms with van der Waals surface area (Å²) in [6, 6.07) is 0. The molecule has 0 aromatic rings. The molecule has 1 rings (SSSR count). The van der Waals surface area contributed by atoms with Gasteiger partial charge in [0.05, 0.1) is 6.10 Å². The quantitative estimate of drug-likeness (QED) is 0.271. The van der Waals surface area contributed by atoms with Crippen molar-refractivity contribution >= 4 is 6.29 Å². The first-order valence-corrected chi connectivity index (χ1v) is 7.05. The number of rotatable bonds is 9. The summed E-state index contributed by atoms with van der Waals surface area (Å²) in [6.07, 6.45) is 8.23. The van der Waals surface area contributed by atoms with Gasteiger partial charge in [0.1, 0.15) is 12.4 Å². The Morgan fingerprint density at radius 1 is 1.42 bits per heavy atom. The van der Waals surface area contributed by atoms with Gasteiger partial charge >= 0.3 is 0 Å². The highest BCUT2D eigenvalue weighted by Crippen LogP contribution is 2.31. The Labute approximate surface area is 117 Å². The van der Waals surface area contributed by atoms with E-state index in [9.17, 15) is 4.79 Å². The summed E-state index contributed by atoms with van der Waals surface area (Å²) >= 11 is 0. The number of aldehydes is 1. The van der Waals surface area contributed by atoms with Crippen LogP contribution in [-0.4, -0.2) is 18.5 Å². The monoisotopic (exact) mass is 262 g/mol. The van der Waals surface area contributed by atoms with Crippen LogP contribution >= 0.6 is 0 Å². The molecule has 0 amide bonds. The van der Waals surface area contributed by atoms with Crippen LogP contribution in [0.4, 0.5) is 0 Å². The average molecular weight is 262 g/mol. The molecule has 2 nitrogen and oxygen atoms in total. The largest absolute Gasteiger partial charge is 0.365 e. The van der Waals surface area contributed by atoms with E-state index in [0.717, 1.165) is 24.7 Å². The van der Waals surface area contributed by atoms with Crippen molar-refractivity contribution in [2.45, 2.75) is 52.2 Å². The molecule has 0 aromatic carbocycles. The molecule has 0 saturated carbocycles. The number of epoxide rings is 1. The number of ether oxygens (including phenoxy) is 1. The smallest absolute Gasteiger partial charge is 0.120 e. The molecule has 0 aromatic heterocycles. The lowest BCUT2D eigenvalue weighted by Crippen LogP contribution is -2.03. The van der Waals surface area contributed by atoms with Gasteiger partial charge in [-0.1, -0.05) is 43.7 Å². The van der Waals surface area contributed by atoms with Gasteiger partial charge in [0, 0.05) is 6.42 Å². The van der Waals surface area contributed by atoms with Gasteiger partial charge in [0.15, 0.2) is 0 Å². The summed E-state index contributed by atoms with van der Waals surface area (Å²) in [7, 11) is 0. The standard InChI is InChI=1S/C17H26O2/c1-6-16-17(19-16)11-13(3)9-12(2)10-15(5)14(4)7-8-18/h6,8,10,13-14,16-17H,1-2,7,9,11H2,3-5H3/b15-10+/t13-,14+,16+,17+/m1/s1. The highest BCUT2D eigenvalue weighted by molar-refractivity contribution is 5.50. The van der Waals surface area contributed by atoms with Crippen LogP contribution in [0.2, 0.25) is 0 Å². The van der Waals surface area contributed by atoms with E-state index in [1.807, 2.05) is 6.08 Å². The second-order valence-corrected chi connectivity index (χ2v) is 5.77.